The van der Waals surface area contributed by atoms with Gasteiger partial charge in [0, 0.05) is 19.2 Å². The van der Waals surface area contributed by atoms with Gasteiger partial charge in [0.1, 0.15) is 5.82 Å². The molecule has 114 valence electrons. The minimum absolute atomic E-state index is 0.105. The summed E-state index contributed by atoms with van der Waals surface area (Å²) in [5.41, 5.74) is 5.12. The Kier molecular flexibility index (Phi) is 4.56. The van der Waals surface area contributed by atoms with Crippen molar-refractivity contribution in [3.63, 3.8) is 0 Å². The van der Waals surface area contributed by atoms with E-state index < -0.39 is 4.92 Å². The second kappa shape index (κ2) is 6.38. The standard InChI is InChI=1S/C13H19N5O3/c1-2-17(8-9-4-3-5-9)11-7-6-10(18(20)21)12(15-11)13(14)16-19/h6-7,9,19H,2-5,8H2,1H3,(H2,14,16). The van der Waals surface area contributed by atoms with Gasteiger partial charge in [0.15, 0.2) is 11.5 Å². The Morgan fingerprint density at radius 2 is 2.33 bits per heavy atom. The summed E-state index contributed by atoms with van der Waals surface area (Å²) in [5.74, 6) is 0.897. The number of hydrogen-bond donors (Lipinski definition) is 2. The Bertz CT molecular complexity index is 557. The molecule has 1 aliphatic carbocycles. The molecule has 1 saturated carbocycles. The number of anilines is 1. The predicted molar refractivity (Wildman–Crippen MR) is 78.6 cm³/mol. The molecule has 1 aromatic heterocycles. The van der Waals surface area contributed by atoms with Crippen molar-refractivity contribution in [3.05, 3.63) is 27.9 Å². The van der Waals surface area contributed by atoms with Crippen LogP contribution in [0.3, 0.4) is 0 Å². The van der Waals surface area contributed by atoms with Gasteiger partial charge in [-0.15, -0.1) is 0 Å². The first-order chi connectivity index (χ1) is 10.1. The molecule has 0 unspecified atom stereocenters. The lowest BCUT2D eigenvalue weighted by Crippen LogP contribution is -2.33. The van der Waals surface area contributed by atoms with Gasteiger partial charge in [0.05, 0.1) is 4.92 Å². The molecule has 0 aliphatic heterocycles. The van der Waals surface area contributed by atoms with Crippen LogP contribution >= 0.6 is 0 Å². The lowest BCUT2D eigenvalue weighted by Gasteiger charge is -2.32. The van der Waals surface area contributed by atoms with Gasteiger partial charge >= 0.3 is 0 Å². The Balaban J connectivity index is 2.32. The number of oxime groups is 1. The fourth-order valence-corrected chi connectivity index (χ4v) is 2.37. The summed E-state index contributed by atoms with van der Waals surface area (Å²) in [7, 11) is 0. The van der Waals surface area contributed by atoms with E-state index in [0.29, 0.717) is 11.7 Å². The monoisotopic (exact) mass is 293 g/mol. The van der Waals surface area contributed by atoms with E-state index in [1.54, 1.807) is 6.07 Å². The Morgan fingerprint density at radius 3 is 2.81 bits per heavy atom. The summed E-state index contributed by atoms with van der Waals surface area (Å²) < 4.78 is 0. The number of pyridine rings is 1. The molecule has 1 aromatic rings. The minimum Gasteiger partial charge on any atom is -0.409 e. The topological polar surface area (TPSA) is 118 Å². The van der Waals surface area contributed by atoms with Crippen LogP contribution < -0.4 is 10.6 Å². The molecule has 8 nitrogen and oxygen atoms in total. The normalized spacial score (nSPS) is 15.6. The molecule has 1 fully saturated rings. The third-order valence-electron chi connectivity index (χ3n) is 3.82. The van der Waals surface area contributed by atoms with Crippen LogP contribution in [0.5, 0.6) is 0 Å². The minimum atomic E-state index is -0.591. The van der Waals surface area contributed by atoms with Crippen molar-refractivity contribution < 1.29 is 10.1 Å². The molecule has 0 aromatic carbocycles. The van der Waals surface area contributed by atoms with Crippen molar-refractivity contribution in [2.24, 2.45) is 16.8 Å². The maximum Gasteiger partial charge on any atom is 0.298 e. The van der Waals surface area contributed by atoms with Crippen LogP contribution in [0.1, 0.15) is 31.9 Å². The van der Waals surface area contributed by atoms with Crippen molar-refractivity contribution >= 4 is 17.3 Å². The molecule has 0 radical (unpaired) electrons. The number of rotatable bonds is 6. The molecule has 0 amide bonds. The summed E-state index contributed by atoms with van der Waals surface area (Å²) in [4.78, 5) is 16.7. The van der Waals surface area contributed by atoms with E-state index in [2.05, 4.69) is 15.0 Å². The fourth-order valence-electron chi connectivity index (χ4n) is 2.37. The molecule has 0 spiro atoms. The van der Waals surface area contributed by atoms with E-state index in [-0.39, 0.29) is 17.2 Å². The van der Waals surface area contributed by atoms with Crippen LogP contribution in [0.2, 0.25) is 0 Å². The van der Waals surface area contributed by atoms with Gasteiger partial charge in [-0.05, 0) is 31.7 Å². The van der Waals surface area contributed by atoms with E-state index in [0.717, 1.165) is 13.1 Å². The van der Waals surface area contributed by atoms with Crippen LogP contribution in [0.25, 0.3) is 0 Å². The van der Waals surface area contributed by atoms with Gasteiger partial charge in [-0.1, -0.05) is 11.6 Å². The molecule has 21 heavy (non-hydrogen) atoms. The molecule has 1 aliphatic rings. The summed E-state index contributed by atoms with van der Waals surface area (Å²) in [6.07, 6.45) is 3.67. The van der Waals surface area contributed by atoms with Gasteiger partial charge in [0.25, 0.3) is 5.69 Å². The molecule has 3 N–H and O–H groups in total. The van der Waals surface area contributed by atoms with Crippen molar-refractivity contribution in [1.29, 1.82) is 0 Å². The third kappa shape index (κ3) is 3.21. The van der Waals surface area contributed by atoms with Gasteiger partial charge in [-0.2, -0.15) is 0 Å². The highest BCUT2D eigenvalue weighted by molar-refractivity contribution is 5.99. The van der Waals surface area contributed by atoms with Gasteiger partial charge in [-0.25, -0.2) is 4.98 Å². The van der Waals surface area contributed by atoms with E-state index in [4.69, 9.17) is 10.9 Å². The summed E-state index contributed by atoms with van der Waals surface area (Å²) >= 11 is 0. The number of nitro groups is 1. The van der Waals surface area contributed by atoms with Crippen molar-refractivity contribution in [2.75, 3.05) is 18.0 Å². The van der Waals surface area contributed by atoms with Crippen molar-refractivity contribution in [2.45, 2.75) is 26.2 Å². The second-order valence-electron chi connectivity index (χ2n) is 5.12. The molecule has 0 saturated heterocycles. The van der Waals surface area contributed by atoms with E-state index >= 15 is 0 Å². The Morgan fingerprint density at radius 1 is 1.62 bits per heavy atom. The highest BCUT2D eigenvalue weighted by Crippen LogP contribution is 2.29. The number of nitrogens with zero attached hydrogens (tertiary/aromatic N) is 4. The maximum absolute atomic E-state index is 11.0. The lowest BCUT2D eigenvalue weighted by atomic mass is 9.85. The van der Waals surface area contributed by atoms with Crippen LogP contribution in [-0.4, -0.2) is 34.0 Å². The largest absolute Gasteiger partial charge is 0.409 e. The Labute approximate surface area is 122 Å². The molecule has 1 heterocycles. The number of aromatic nitrogens is 1. The van der Waals surface area contributed by atoms with E-state index in [1.807, 2.05) is 6.92 Å². The first-order valence-corrected chi connectivity index (χ1v) is 6.95. The Hall–Kier alpha value is -2.38. The zero-order valence-corrected chi connectivity index (χ0v) is 11.9. The van der Waals surface area contributed by atoms with Gasteiger partial charge < -0.3 is 15.8 Å². The summed E-state index contributed by atoms with van der Waals surface area (Å²) in [5, 5.41) is 22.6. The van der Waals surface area contributed by atoms with E-state index in [1.165, 1.54) is 25.3 Å². The SMILES string of the molecule is CCN(CC1CCC1)c1ccc([N+](=O)[O-])c(/C(N)=N/O)n1. The van der Waals surface area contributed by atoms with Crippen LogP contribution in [0, 0.1) is 16.0 Å². The molecule has 0 bridgehead atoms. The number of amidine groups is 1. The average Bonchev–Trinajstić information content (AvgIpc) is 2.44. The zero-order chi connectivity index (χ0) is 15.4. The molecule has 2 rings (SSSR count). The first kappa shape index (κ1) is 15.0. The predicted octanol–water partition coefficient (Wildman–Crippen LogP) is 1.71. The quantitative estimate of drug-likeness (QED) is 0.271. The number of hydrogen-bond acceptors (Lipinski definition) is 6. The van der Waals surface area contributed by atoms with Crippen LogP contribution in [-0.2, 0) is 0 Å². The zero-order valence-electron chi connectivity index (χ0n) is 11.9. The first-order valence-electron chi connectivity index (χ1n) is 6.95. The molecule has 0 atom stereocenters. The average molecular weight is 293 g/mol. The number of nitrogens with two attached hydrogens (primary N) is 1. The lowest BCUT2D eigenvalue weighted by molar-refractivity contribution is -0.385. The van der Waals surface area contributed by atoms with Crippen LogP contribution in [0.4, 0.5) is 11.5 Å². The highest BCUT2D eigenvalue weighted by atomic mass is 16.6. The second-order valence-corrected chi connectivity index (χ2v) is 5.12. The fraction of sp³-hybridized carbons (Fsp3) is 0.538. The van der Waals surface area contributed by atoms with E-state index in [9.17, 15) is 10.1 Å². The highest BCUT2D eigenvalue weighted by Gasteiger charge is 2.24. The van der Waals surface area contributed by atoms with Crippen LogP contribution in [0.15, 0.2) is 17.3 Å². The van der Waals surface area contributed by atoms with Crippen molar-refractivity contribution in [1.82, 2.24) is 4.98 Å². The molecular weight excluding hydrogens is 274 g/mol. The smallest absolute Gasteiger partial charge is 0.298 e. The molecular formula is C13H19N5O3. The van der Waals surface area contributed by atoms with Gasteiger partial charge in [0.2, 0.25) is 0 Å². The summed E-state index contributed by atoms with van der Waals surface area (Å²) in [6, 6.07) is 2.95. The van der Waals surface area contributed by atoms with Crippen molar-refractivity contribution in [3.8, 4) is 0 Å². The third-order valence-corrected chi connectivity index (χ3v) is 3.82. The van der Waals surface area contributed by atoms with Gasteiger partial charge in [-0.3, -0.25) is 10.1 Å². The maximum atomic E-state index is 11.0. The molecule has 8 heteroatoms. The summed E-state index contributed by atoms with van der Waals surface area (Å²) in [6.45, 7) is 3.62.